The molecule has 0 aliphatic carbocycles. The van der Waals surface area contributed by atoms with Crippen molar-refractivity contribution in [1.29, 1.82) is 0 Å². The van der Waals surface area contributed by atoms with Crippen molar-refractivity contribution in [2.75, 3.05) is 13.2 Å². The Balaban J connectivity index is 2.09. The van der Waals surface area contributed by atoms with Crippen LogP contribution in [0.1, 0.15) is 52.9 Å². The van der Waals surface area contributed by atoms with E-state index >= 15 is 0 Å². The Morgan fingerprint density at radius 2 is 1.70 bits per heavy atom. The van der Waals surface area contributed by atoms with Crippen LogP contribution in [0.2, 0.25) is 0 Å². The number of nitrogens with one attached hydrogen (secondary N) is 1. The number of β-amino-alcohol motifs (C(OH)–C–C–N with tert-alkyl or cyclic N) is 1. The van der Waals surface area contributed by atoms with Gasteiger partial charge in [0.15, 0.2) is 12.3 Å². The van der Waals surface area contributed by atoms with E-state index < -0.39 is 78.8 Å². The molecule has 6 N–H and O–H groups in total. The van der Waals surface area contributed by atoms with Crippen molar-refractivity contribution in [3.63, 3.8) is 0 Å². The highest BCUT2D eigenvalue weighted by molar-refractivity contribution is 5.91. The molecule has 212 valence electrons. The first kappa shape index (κ1) is 30.9. The number of esters is 1. The average molecular weight is 535 g/mol. The fourth-order valence-electron chi connectivity index (χ4n) is 4.30. The van der Waals surface area contributed by atoms with Crippen LogP contribution < -0.4 is 5.32 Å². The molecule has 2 heterocycles. The normalized spacial score (nSPS) is 31.4. The number of rotatable bonds is 12. The van der Waals surface area contributed by atoms with Gasteiger partial charge in [-0.3, -0.25) is 14.4 Å². The number of carbonyl (C=O) groups is 4. The third-order valence-corrected chi connectivity index (χ3v) is 6.40. The summed E-state index contributed by atoms with van der Waals surface area (Å²) in [6.07, 6.45) is -8.54. The number of carbonyl (C=O) groups excluding carboxylic acids is 3. The number of unbranched alkanes of at least 4 members (excludes halogenated alkanes) is 1. The maximum Gasteiger partial charge on any atom is 0.331 e. The lowest BCUT2D eigenvalue weighted by atomic mass is 10.00. The largest absolute Gasteiger partial charge is 0.481 e. The summed E-state index contributed by atoms with van der Waals surface area (Å²) in [5, 5.41) is 51.4. The molecule has 0 aromatic heterocycles. The number of nitrogens with zero attached hydrogens (tertiary/aromatic N) is 1. The molecular formula is C23H38N2O12. The van der Waals surface area contributed by atoms with Gasteiger partial charge < -0.3 is 50.0 Å². The topological polar surface area (TPSA) is 212 Å². The Labute approximate surface area is 214 Å². The zero-order chi connectivity index (χ0) is 27.9. The molecule has 37 heavy (non-hydrogen) atoms. The molecule has 6 unspecified atom stereocenters. The molecule has 2 fully saturated rings. The quantitative estimate of drug-likeness (QED) is 0.117. The lowest BCUT2D eigenvalue weighted by molar-refractivity contribution is -0.304. The fraction of sp³-hybridized carbons (Fsp3) is 0.826. The van der Waals surface area contributed by atoms with Crippen LogP contribution in [0.3, 0.4) is 0 Å². The van der Waals surface area contributed by atoms with Gasteiger partial charge in [0.1, 0.15) is 24.4 Å². The van der Waals surface area contributed by atoms with Crippen molar-refractivity contribution in [1.82, 2.24) is 10.2 Å². The molecule has 2 rings (SSSR count). The first-order valence-electron chi connectivity index (χ1n) is 12.4. The fourth-order valence-corrected chi connectivity index (χ4v) is 4.30. The highest BCUT2D eigenvalue weighted by Crippen LogP contribution is 2.24. The predicted molar refractivity (Wildman–Crippen MR) is 124 cm³/mol. The summed E-state index contributed by atoms with van der Waals surface area (Å²) >= 11 is 0. The molecule has 14 heteroatoms. The SMILES string of the molecule is CCOC(=O)C(NC(=O)[C@@H]1C[C@@H](O)CN1C(=O)CCCCC(=O)O)[C@@H](C)OC1OC(C)C(O)C(O)C1O. The highest BCUT2D eigenvalue weighted by Gasteiger charge is 2.45. The maximum atomic E-state index is 13.1. The van der Waals surface area contributed by atoms with Crippen LogP contribution in [0.5, 0.6) is 0 Å². The minimum atomic E-state index is -1.63. The zero-order valence-corrected chi connectivity index (χ0v) is 21.2. The smallest absolute Gasteiger partial charge is 0.331 e. The highest BCUT2D eigenvalue weighted by atomic mass is 16.7. The summed E-state index contributed by atoms with van der Waals surface area (Å²) in [7, 11) is 0. The summed E-state index contributed by atoms with van der Waals surface area (Å²) in [5.74, 6) is -3.00. The second-order valence-electron chi connectivity index (χ2n) is 9.31. The molecule has 0 spiro atoms. The Bertz CT molecular complexity index is 811. The summed E-state index contributed by atoms with van der Waals surface area (Å²) in [6, 6.07) is -2.48. The van der Waals surface area contributed by atoms with Crippen LogP contribution in [0.15, 0.2) is 0 Å². The molecule has 14 nitrogen and oxygen atoms in total. The number of hydrogen-bond acceptors (Lipinski definition) is 11. The summed E-state index contributed by atoms with van der Waals surface area (Å²) in [5.41, 5.74) is 0. The van der Waals surface area contributed by atoms with Crippen LogP contribution in [0.4, 0.5) is 0 Å². The summed E-state index contributed by atoms with van der Waals surface area (Å²) < 4.78 is 16.1. The van der Waals surface area contributed by atoms with Crippen molar-refractivity contribution in [3.05, 3.63) is 0 Å². The van der Waals surface area contributed by atoms with E-state index in [1.54, 1.807) is 6.92 Å². The Morgan fingerprint density at radius 3 is 2.32 bits per heavy atom. The minimum Gasteiger partial charge on any atom is -0.481 e. The molecule has 2 saturated heterocycles. The third kappa shape index (κ3) is 8.32. The standard InChI is InChI=1S/C23H38N2O12/c1-4-35-22(34)17(11(2)36-23-20(32)19(31)18(30)12(3)37-23)24-21(33)14-9-13(26)10-25(14)15(27)7-5-6-8-16(28)29/h11-14,17-20,23,26,30-32H,4-10H2,1-3H3,(H,24,33)(H,28,29)/t11-,12?,13-,14+,17?,18?,19?,20?,23?/m1/s1. The molecule has 0 radical (unpaired) electrons. The van der Waals surface area contributed by atoms with Gasteiger partial charge in [-0.15, -0.1) is 0 Å². The molecule has 0 saturated carbocycles. The number of aliphatic hydroxyl groups is 4. The number of aliphatic carboxylic acids is 1. The molecular weight excluding hydrogens is 496 g/mol. The van der Waals surface area contributed by atoms with Crippen LogP contribution >= 0.6 is 0 Å². The van der Waals surface area contributed by atoms with Gasteiger partial charge in [-0.25, -0.2) is 4.79 Å². The van der Waals surface area contributed by atoms with Gasteiger partial charge in [0.25, 0.3) is 0 Å². The number of likely N-dealkylation sites (tertiary alicyclic amines) is 1. The second-order valence-corrected chi connectivity index (χ2v) is 9.31. The Hall–Kier alpha value is -2.36. The molecule has 0 aromatic rings. The van der Waals surface area contributed by atoms with Crippen molar-refractivity contribution < 1.29 is 58.9 Å². The first-order valence-corrected chi connectivity index (χ1v) is 12.4. The van der Waals surface area contributed by atoms with Gasteiger partial charge in [-0.2, -0.15) is 0 Å². The van der Waals surface area contributed by atoms with Gasteiger partial charge in [0.05, 0.1) is 24.9 Å². The monoisotopic (exact) mass is 534 g/mol. The number of hydrogen-bond donors (Lipinski definition) is 6. The molecule has 2 aliphatic rings. The van der Waals surface area contributed by atoms with Crippen LogP contribution in [-0.2, 0) is 33.4 Å². The van der Waals surface area contributed by atoms with E-state index in [4.69, 9.17) is 19.3 Å². The predicted octanol–water partition coefficient (Wildman–Crippen LogP) is -2.13. The van der Waals surface area contributed by atoms with Gasteiger partial charge in [0.2, 0.25) is 11.8 Å². The summed E-state index contributed by atoms with van der Waals surface area (Å²) in [4.78, 5) is 50.3. The molecule has 9 atom stereocenters. The van der Waals surface area contributed by atoms with Crippen molar-refractivity contribution >= 4 is 23.8 Å². The van der Waals surface area contributed by atoms with E-state index in [0.717, 1.165) is 0 Å². The Kier molecular flexibility index (Phi) is 11.7. The van der Waals surface area contributed by atoms with Crippen molar-refractivity contribution in [2.24, 2.45) is 0 Å². The molecule has 2 aliphatic heterocycles. The lowest BCUT2D eigenvalue weighted by Crippen LogP contribution is -2.60. The lowest BCUT2D eigenvalue weighted by Gasteiger charge is -2.40. The average Bonchev–Trinajstić information content (AvgIpc) is 3.23. The molecule has 0 bridgehead atoms. The van der Waals surface area contributed by atoms with Crippen molar-refractivity contribution in [3.8, 4) is 0 Å². The van der Waals surface area contributed by atoms with E-state index in [1.165, 1.54) is 18.7 Å². The number of ether oxygens (including phenoxy) is 3. The van der Waals surface area contributed by atoms with Gasteiger partial charge in [-0.05, 0) is 33.6 Å². The van der Waals surface area contributed by atoms with E-state index in [2.05, 4.69) is 5.32 Å². The zero-order valence-electron chi connectivity index (χ0n) is 21.2. The molecule has 2 amide bonds. The maximum absolute atomic E-state index is 13.1. The first-order chi connectivity index (χ1) is 17.4. The minimum absolute atomic E-state index is 0.00608. The van der Waals surface area contributed by atoms with Gasteiger partial charge in [-0.1, -0.05) is 0 Å². The van der Waals surface area contributed by atoms with Crippen LogP contribution in [-0.4, -0.2) is 122 Å². The van der Waals surface area contributed by atoms with E-state index in [-0.39, 0.29) is 38.8 Å². The second kappa shape index (κ2) is 14.0. The summed E-state index contributed by atoms with van der Waals surface area (Å²) in [6.45, 7) is 4.34. The third-order valence-electron chi connectivity index (χ3n) is 6.40. The van der Waals surface area contributed by atoms with Gasteiger partial charge >= 0.3 is 11.9 Å². The van der Waals surface area contributed by atoms with Crippen LogP contribution in [0, 0.1) is 0 Å². The Morgan fingerprint density at radius 1 is 1.05 bits per heavy atom. The van der Waals surface area contributed by atoms with Crippen molar-refractivity contribution in [2.45, 2.75) is 108 Å². The van der Waals surface area contributed by atoms with Crippen LogP contribution in [0.25, 0.3) is 0 Å². The number of carboxylic acid groups (broad SMARTS) is 1. The van der Waals surface area contributed by atoms with E-state index in [9.17, 15) is 39.6 Å². The number of amides is 2. The molecule has 0 aromatic carbocycles. The van der Waals surface area contributed by atoms with E-state index in [0.29, 0.717) is 6.42 Å². The van der Waals surface area contributed by atoms with Gasteiger partial charge in [0, 0.05) is 25.8 Å². The number of aliphatic hydroxyl groups excluding tert-OH is 4. The van der Waals surface area contributed by atoms with E-state index in [1.807, 2.05) is 0 Å². The number of carboxylic acids is 1.